The highest BCUT2D eigenvalue weighted by Crippen LogP contribution is 2.19. The third-order valence-electron chi connectivity index (χ3n) is 3.59. The molecule has 2 aromatic carbocycles. The fraction of sp³-hybridized carbons (Fsp3) is 0.176. The highest BCUT2D eigenvalue weighted by molar-refractivity contribution is 6.15. The lowest BCUT2D eigenvalue weighted by atomic mass is 9.96. The predicted octanol–water partition coefficient (Wildman–Crippen LogP) is 1.73. The van der Waals surface area contributed by atoms with E-state index in [4.69, 9.17) is 0 Å². The van der Waals surface area contributed by atoms with E-state index in [1.807, 2.05) is 6.07 Å². The van der Waals surface area contributed by atoms with Gasteiger partial charge < -0.3 is 10.0 Å². The summed E-state index contributed by atoms with van der Waals surface area (Å²) in [4.78, 5) is 26.5. The average molecular weight is 281 g/mol. The molecule has 1 heterocycles. The molecular formula is C17H15NO3. The topological polar surface area (TPSA) is 57.6 Å². The summed E-state index contributed by atoms with van der Waals surface area (Å²) in [5, 5.41) is 9.31. The Balaban J connectivity index is 1.93. The molecule has 1 N–H and O–H groups in total. The second-order valence-electron chi connectivity index (χ2n) is 5.10. The number of rotatable bonds is 3. The van der Waals surface area contributed by atoms with Gasteiger partial charge in [0.25, 0.3) is 5.91 Å². The van der Waals surface area contributed by atoms with E-state index in [2.05, 4.69) is 0 Å². The zero-order valence-electron chi connectivity index (χ0n) is 11.4. The van der Waals surface area contributed by atoms with Gasteiger partial charge in [0.05, 0.1) is 11.7 Å². The van der Waals surface area contributed by atoms with E-state index >= 15 is 0 Å². The van der Waals surface area contributed by atoms with Crippen LogP contribution in [0.4, 0.5) is 0 Å². The second-order valence-corrected chi connectivity index (χ2v) is 5.10. The summed E-state index contributed by atoms with van der Waals surface area (Å²) in [6, 6.07) is 15.7. The van der Waals surface area contributed by atoms with E-state index in [1.165, 1.54) is 0 Å². The van der Waals surface area contributed by atoms with Crippen molar-refractivity contribution in [2.75, 3.05) is 13.1 Å². The highest BCUT2D eigenvalue weighted by atomic mass is 16.3. The van der Waals surface area contributed by atoms with Gasteiger partial charge in [-0.25, -0.2) is 0 Å². The molecule has 0 aromatic heterocycles. The Morgan fingerprint density at radius 1 is 0.905 bits per heavy atom. The lowest BCUT2D eigenvalue weighted by molar-refractivity contribution is 0.00583. The molecule has 0 atom stereocenters. The lowest BCUT2D eigenvalue weighted by Gasteiger charge is -2.36. The number of ketones is 1. The number of benzene rings is 2. The van der Waals surface area contributed by atoms with Gasteiger partial charge in [0.15, 0.2) is 5.78 Å². The first-order valence-electron chi connectivity index (χ1n) is 6.83. The third-order valence-corrected chi connectivity index (χ3v) is 3.59. The van der Waals surface area contributed by atoms with Crippen LogP contribution in [0.1, 0.15) is 26.3 Å². The van der Waals surface area contributed by atoms with Gasteiger partial charge in [-0.05, 0) is 6.07 Å². The van der Waals surface area contributed by atoms with Crippen LogP contribution < -0.4 is 0 Å². The standard InChI is InChI=1S/C17H15NO3/c19-13-10-18(11-13)17(21)15-9-5-4-8-14(15)16(20)12-6-2-1-3-7-12/h1-9,13,19H,10-11H2. The van der Waals surface area contributed by atoms with Crippen molar-refractivity contribution in [2.45, 2.75) is 6.10 Å². The van der Waals surface area contributed by atoms with E-state index < -0.39 is 6.10 Å². The molecule has 106 valence electrons. The van der Waals surface area contributed by atoms with Gasteiger partial charge in [-0.1, -0.05) is 48.5 Å². The van der Waals surface area contributed by atoms with E-state index in [1.54, 1.807) is 53.4 Å². The van der Waals surface area contributed by atoms with Crippen molar-refractivity contribution >= 4 is 11.7 Å². The number of carbonyl (C=O) groups excluding carboxylic acids is 2. The maximum atomic E-state index is 12.5. The Morgan fingerprint density at radius 2 is 1.48 bits per heavy atom. The third kappa shape index (κ3) is 2.58. The Bertz CT molecular complexity index is 675. The Labute approximate surface area is 122 Å². The Hall–Kier alpha value is -2.46. The number of likely N-dealkylation sites (tertiary alicyclic amines) is 1. The molecular weight excluding hydrogens is 266 g/mol. The second kappa shape index (κ2) is 5.50. The monoisotopic (exact) mass is 281 g/mol. The van der Waals surface area contributed by atoms with Gasteiger partial charge in [-0.2, -0.15) is 0 Å². The number of hydrogen-bond donors (Lipinski definition) is 1. The van der Waals surface area contributed by atoms with Crippen LogP contribution in [0.25, 0.3) is 0 Å². The summed E-state index contributed by atoms with van der Waals surface area (Å²) in [6.07, 6.45) is -0.453. The Morgan fingerprint density at radius 3 is 2.10 bits per heavy atom. The normalized spacial score (nSPS) is 14.6. The van der Waals surface area contributed by atoms with Gasteiger partial charge in [0.1, 0.15) is 0 Å². The smallest absolute Gasteiger partial charge is 0.254 e. The van der Waals surface area contributed by atoms with E-state index in [0.717, 1.165) is 0 Å². The van der Waals surface area contributed by atoms with Crippen molar-refractivity contribution in [3.8, 4) is 0 Å². The first-order chi connectivity index (χ1) is 10.2. The quantitative estimate of drug-likeness (QED) is 0.872. The minimum atomic E-state index is -0.453. The van der Waals surface area contributed by atoms with Crippen LogP contribution in [0.3, 0.4) is 0 Å². The summed E-state index contributed by atoms with van der Waals surface area (Å²) in [5.74, 6) is -0.374. The van der Waals surface area contributed by atoms with Crippen LogP contribution >= 0.6 is 0 Å². The fourth-order valence-electron chi connectivity index (χ4n) is 2.40. The molecule has 0 bridgehead atoms. The highest BCUT2D eigenvalue weighted by Gasteiger charge is 2.31. The first kappa shape index (κ1) is 13.5. The number of hydrogen-bond acceptors (Lipinski definition) is 3. The number of amides is 1. The molecule has 0 saturated carbocycles. The zero-order valence-corrected chi connectivity index (χ0v) is 11.4. The van der Waals surface area contributed by atoms with Crippen LogP contribution in [0, 0.1) is 0 Å². The minimum Gasteiger partial charge on any atom is -0.389 e. The molecule has 1 fully saturated rings. The van der Waals surface area contributed by atoms with Crippen LogP contribution in [-0.2, 0) is 0 Å². The summed E-state index contributed by atoms with van der Waals surface area (Å²) < 4.78 is 0. The number of nitrogens with zero attached hydrogens (tertiary/aromatic N) is 1. The zero-order chi connectivity index (χ0) is 14.8. The van der Waals surface area contributed by atoms with Crippen LogP contribution in [0.2, 0.25) is 0 Å². The van der Waals surface area contributed by atoms with Crippen molar-refractivity contribution < 1.29 is 14.7 Å². The minimum absolute atomic E-state index is 0.166. The summed E-state index contributed by atoms with van der Waals surface area (Å²) in [7, 11) is 0. The average Bonchev–Trinajstić information content (AvgIpc) is 2.51. The van der Waals surface area contributed by atoms with E-state index in [9.17, 15) is 14.7 Å². The summed E-state index contributed by atoms with van der Waals surface area (Å²) >= 11 is 0. The molecule has 0 radical (unpaired) electrons. The molecule has 0 aliphatic carbocycles. The molecule has 4 nitrogen and oxygen atoms in total. The molecule has 1 amide bonds. The molecule has 0 unspecified atom stereocenters. The van der Waals surface area contributed by atoms with Crippen molar-refractivity contribution in [1.29, 1.82) is 0 Å². The van der Waals surface area contributed by atoms with Crippen LogP contribution in [-0.4, -0.2) is 40.9 Å². The van der Waals surface area contributed by atoms with Gasteiger partial charge in [0.2, 0.25) is 0 Å². The van der Waals surface area contributed by atoms with E-state index in [-0.39, 0.29) is 11.7 Å². The molecule has 21 heavy (non-hydrogen) atoms. The van der Waals surface area contributed by atoms with E-state index in [0.29, 0.717) is 29.8 Å². The number of carbonyl (C=O) groups is 2. The predicted molar refractivity (Wildman–Crippen MR) is 78.2 cm³/mol. The molecule has 1 saturated heterocycles. The molecule has 3 rings (SSSR count). The maximum absolute atomic E-state index is 12.5. The number of β-amino-alcohol motifs (C(OH)–C–C–N with tert-alkyl or cyclic N) is 1. The first-order valence-corrected chi connectivity index (χ1v) is 6.83. The fourth-order valence-corrected chi connectivity index (χ4v) is 2.40. The summed E-state index contributed by atoms with van der Waals surface area (Å²) in [6.45, 7) is 0.652. The number of aliphatic hydroxyl groups is 1. The Kier molecular flexibility index (Phi) is 3.54. The van der Waals surface area contributed by atoms with Crippen LogP contribution in [0.5, 0.6) is 0 Å². The van der Waals surface area contributed by atoms with Gasteiger partial charge >= 0.3 is 0 Å². The number of aliphatic hydroxyl groups excluding tert-OH is 1. The lowest BCUT2D eigenvalue weighted by Crippen LogP contribution is -2.53. The van der Waals surface area contributed by atoms with Gasteiger partial charge in [-0.3, -0.25) is 9.59 Å². The maximum Gasteiger partial charge on any atom is 0.254 e. The van der Waals surface area contributed by atoms with Crippen molar-refractivity contribution in [1.82, 2.24) is 4.90 Å². The van der Waals surface area contributed by atoms with Gasteiger partial charge in [0, 0.05) is 24.2 Å². The molecule has 2 aromatic rings. The van der Waals surface area contributed by atoms with Gasteiger partial charge in [-0.15, -0.1) is 0 Å². The van der Waals surface area contributed by atoms with Crippen molar-refractivity contribution in [3.05, 3.63) is 71.3 Å². The van der Waals surface area contributed by atoms with Crippen molar-refractivity contribution in [3.63, 3.8) is 0 Å². The summed E-state index contributed by atoms with van der Waals surface area (Å²) in [5.41, 5.74) is 1.34. The molecule has 4 heteroatoms. The molecule has 0 spiro atoms. The van der Waals surface area contributed by atoms with Crippen molar-refractivity contribution in [2.24, 2.45) is 0 Å². The molecule has 1 aliphatic heterocycles. The SMILES string of the molecule is O=C(c1ccccc1)c1ccccc1C(=O)N1CC(O)C1. The van der Waals surface area contributed by atoms with Crippen LogP contribution in [0.15, 0.2) is 54.6 Å². The largest absolute Gasteiger partial charge is 0.389 e. The molecule has 1 aliphatic rings.